The van der Waals surface area contributed by atoms with Crippen molar-refractivity contribution >= 4 is 24.9 Å². The molecular weight excluding hydrogens is 298 g/mol. The topological polar surface area (TPSA) is 60.6 Å². The van der Waals surface area contributed by atoms with Crippen molar-refractivity contribution < 1.29 is 19.0 Å². The zero-order valence-electron chi connectivity index (χ0n) is 13.6. The highest BCUT2D eigenvalue weighted by Gasteiger charge is 2.14. The molecule has 2 rings (SSSR count). The summed E-state index contributed by atoms with van der Waals surface area (Å²) in [6.07, 6.45) is 1.81. The van der Waals surface area contributed by atoms with Crippen LogP contribution in [0.3, 0.4) is 0 Å². The lowest BCUT2D eigenvalue weighted by molar-refractivity contribution is 0.0228. The molecule has 0 amide bonds. The van der Waals surface area contributed by atoms with Crippen molar-refractivity contribution in [3.05, 3.63) is 30.0 Å². The van der Waals surface area contributed by atoms with Crippen molar-refractivity contribution in [1.82, 2.24) is 4.98 Å². The Morgan fingerprint density at radius 3 is 2.73 bits per heavy atom. The number of H-pyrrole nitrogens is 1. The number of fused-ring (bicyclic) bond motifs is 1. The first-order chi connectivity index (χ1) is 10.4. The number of rotatable bonds is 7. The Kier molecular flexibility index (Phi) is 5.26. The molecule has 0 aliphatic rings. The van der Waals surface area contributed by atoms with Crippen LogP contribution in [-0.2, 0) is 9.47 Å². The Labute approximate surface area is 131 Å². The van der Waals surface area contributed by atoms with Crippen LogP contribution >= 0.6 is 0 Å². The zero-order valence-corrected chi connectivity index (χ0v) is 14.6. The number of hydrogen-bond acceptors (Lipinski definition) is 4. The average Bonchev–Trinajstić information content (AvgIpc) is 2.93. The molecule has 6 heteroatoms. The summed E-state index contributed by atoms with van der Waals surface area (Å²) in [5, 5.41) is 0.918. The van der Waals surface area contributed by atoms with Gasteiger partial charge in [0.05, 0.1) is 12.7 Å². The fraction of sp³-hybridized carbons (Fsp3) is 0.438. The summed E-state index contributed by atoms with van der Waals surface area (Å²) in [4.78, 5) is 14.8. The quantitative estimate of drug-likeness (QED) is 0.366. The third kappa shape index (κ3) is 4.35. The van der Waals surface area contributed by atoms with Crippen molar-refractivity contribution in [1.29, 1.82) is 0 Å². The van der Waals surface area contributed by atoms with E-state index in [1.54, 1.807) is 12.1 Å². The molecule has 0 spiro atoms. The molecule has 5 nitrogen and oxygen atoms in total. The summed E-state index contributed by atoms with van der Waals surface area (Å²) in [6.45, 7) is 7.79. The minimum atomic E-state index is -1.09. The van der Waals surface area contributed by atoms with Gasteiger partial charge in [-0.2, -0.15) is 0 Å². The van der Waals surface area contributed by atoms with Gasteiger partial charge in [-0.25, -0.2) is 4.79 Å². The minimum Gasteiger partial charge on any atom is -0.467 e. The highest BCUT2D eigenvalue weighted by atomic mass is 28.3. The summed E-state index contributed by atoms with van der Waals surface area (Å²) in [7, 11) is 0.267. The number of carbonyl (C=O) groups is 1. The van der Waals surface area contributed by atoms with E-state index in [1.807, 2.05) is 12.3 Å². The van der Waals surface area contributed by atoms with Gasteiger partial charge in [0.15, 0.2) is 6.79 Å². The molecule has 1 aromatic carbocycles. The van der Waals surface area contributed by atoms with Crippen molar-refractivity contribution in [2.24, 2.45) is 0 Å². The van der Waals surface area contributed by atoms with Crippen LogP contribution in [0.4, 0.5) is 0 Å². The van der Waals surface area contributed by atoms with Crippen molar-refractivity contribution in [2.75, 3.05) is 20.5 Å². The molecule has 2 aromatic rings. The maximum Gasteiger partial charge on any atom is 0.338 e. The van der Waals surface area contributed by atoms with E-state index >= 15 is 0 Å². The Bertz CT molecular complexity index is 645. The molecule has 0 saturated heterocycles. The largest absolute Gasteiger partial charge is 0.467 e. The maximum atomic E-state index is 11.7. The molecular formula is C16H23NO4Si. The predicted octanol–water partition coefficient (Wildman–Crippen LogP) is 3.65. The van der Waals surface area contributed by atoms with Crippen LogP contribution in [0.5, 0.6) is 5.75 Å². The van der Waals surface area contributed by atoms with Gasteiger partial charge in [-0.05, 0) is 24.2 Å². The maximum absolute atomic E-state index is 11.7. The Morgan fingerprint density at radius 2 is 2.05 bits per heavy atom. The SMILES string of the molecule is COC(=O)c1cc(OCOCC[Si](C)(C)C)c2cc[nH]c2c1. The van der Waals surface area contributed by atoms with Gasteiger partial charge in [0.2, 0.25) is 0 Å². The van der Waals surface area contributed by atoms with Crippen LogP contribution in [-0.4, -0.2) is 39.5 Å². The third-order valence-electron chi connectivity index (χ3n) is 3.35. The van der Waals surface area contributed by atoms with Gasteiger partial charge in [0.1, 0.15) is 5.75 Å². The van der Waals surface area contributed by atoms with E-state index in [0.29, 0.717) is 17.9 Å². The first-order valence-corrected chi connectivity index (χ1v) is 11.0. The fourth-order valence-corrected chi connectivity index (χ4v) is 2.79. The van der Waals surface area contributed by atoms with Crippen LogP contribution in [0.1, 0.15) is 10.4 Å². The summed E-state index contributed by atoms with van der Waals surface area (Å²) >= 11 is 0. The number of nitrogens with one attached hydrogen (secondary N) is 1. The number of hydrogen-bond donors (Lipinski definition) is 1. The standard InChI is InChI=1S/C16H23NO4Si/c1-19-16(18)12-9-14-13(5-6-17-14)15(10-12)21-11-20-7-8-22(2,3)4/h5-6,9-10,17H,7-8,11H2,1-4H3. The number of aromatic amines is 1. The summed E-state index contributed by atoms with van der Waals surface area (Å²) in [6, 6.07) is 6.44. The van der Waals surface area contributed by atoms with E-state index in [4.69, 9.17) is 14.2 Å². The van der Waals surface area contributed by atoms with Gasteiger partial charge in [0, 0.05) is 31.8 Å². The Balaban J connectivity index is 2.03. The van der Waals surface area contributed by atoms with E-state index in [0.717, 1.165) is 16.9 Å². The van der Waals surface area contributed by atoms with Crippen LogP contribution in [0.15, 0.2) is 24.4 Å². The number of esters is 1. The molecule has 120 valence electrons. The first-order valence-electron chi connectivity index (χ1n) is 7.31. The van der Waals surface area contributed by atoms with Crippen LogP contribution < -0.4 is 4.74 Å². The van der Waals surface area contributed by atoms with Gasteiger partial charge >= 0.3 is 5.97 Å². The first kappa shape index (κ1) is 16.6. The normalized spacial score (nSPS) is 11.6. The molecule has 0 aliphatic heterocycles. The Morgan fingerprint density at radius 1 is 1.27 bits per heavy atom. The molecule has 1 heterocycles. The number of methoxy groups -OCH3 is 1. The summed E-state index contributed by atoms with van der Waals surface area (Å²) in [5.74, 6) is 0.230. The van der Waals surface area contributed by atoms with Crippen LogP contribution in [0.25, 0.3) is 10.9 Å². The lowest BCUT2D eigenvalue weighted by atomic mass is 10.1. The van der Waals surface area contributed by atoms with E-state index in [-0.39, 0.29) is 12.8 Å². The molecule has 0 radical (unpaired) electrons. The van der Waals surface area contributed by atoms with E-state index < -0.39 is 8.07 Å². The Hall–Kier alpha value is -1.79. The molecule has 0 unspecified atom stereocenters. The molecule has 0 bridgehead atoms. The fourth-order valence-electron chi connectivity index (χ4n) is 2.03. The summed E-state index contributed by atoms with van der Waals surface area (Å²) < 4.78 is 16.0. The summed E-state index contributed by atoms with van der Waals surface area (Å²) in [5.41, 5.74) is 1.29. The monoisotopic (exact) mass is 321 g/mol. The number of benzene rings is 1. The highest BCUT2D eigenvalue weighted by molar-refractivity contribution is 6.76. The van der Waals surface area contributed by atoms with Crippen LogP contribution in [0, 0.1) is 0 Å². The molecule has 22 heavy (non-hydrogen) atoms. The van der Waals surface area contributed by atoms with Gasteiger partial charge in [-0.1, -0.05) is 19.6 Å². The van der Waals surface area contributed by atoms with Crippen molar-refractivity contribution in [2.45, 2.75) is 25.7 Å². The average molecular weight is 321 g/mol. The lowest BCUT2D eigenvalue weighted by Gasteiger charge is -2.15. The molecule has 0 fully saturated rings. The van der Waals surface area contributed by atoms with Gasteiger partial charge in [0.25, 0.3) is 0 Å². The molecule has 0 atom stereocenters. The number of ether oxygens (including phenoxy) is 3. The van der Waals surface area contributed by atoms with Crippen LogP contribution in [0.2, 0.25) is 25.7 Å². The van der Waals surface area contributed by atoms with E-state index in [9.17, 15) is 4.79 Å². The van der Waals surface area contributed by atoms with Gasteiger partial charge in [-0.15, -0.1) is 0 Å². The second-order valence-corrected chi connectivity index (χ2v) is 12.0. The predicted molar refractivity (Wildman–Crippen MR) is 89.2 cm³/mol. The second kappa shape index (κ2) is 6.98. The number of carbonyl (C=O) groups excluding carboxylic acids is 1. The minimum absolute atomic E-state index is 0.176. The highest BCUT2D eigenvalue weighted by Crippen LogP contribution is 2.27. The molecule has 1 aromatic heterocycles. The van der Waals surface area contributed by atoms with Gasteiger partial charge in [-0.3, -0.25) is 0 Å². The smallest absolute Gasteiger partial charge is 0.338 e. The van der Waals surface area contributed by atoms with Crippen molar-refractivity contribution in [3.8, 4) is 5.75 Å². The molecule has 1 N–H and O–H groups in total. The van der Waals surface area contributed by atoms with Gasteiger partial charge < -0.3 is 19.2 Å². The third-order valence-corrected chi connectivity index (χ3v) is 5.05. The second-order valence-electron chi connectivity index (χ2n) is 6.39. The van der Waals surface area contributed by atoms with Crippen molar-refractivity contribution in [3.63, 3.8) is 0 Å². The molecule has 0 aliphatic carbocycles. The molecule has 0 saturated carbocycles. The zero-order chi connectivity index (χ0) is 16.2. The van der Waals surface area contributed by atoms with E-state index in [2.05, 4.69) is 24.6 Å². The van der Waals surface area contributed by atoms with E-state index in [1.165, 1.54) is 7.11 Å². The lowest BCUT2D eigenvalue weighted by Crippen LogP contribution is -2.22. The number of aromatic nitrogens is 1.